The highest BCUT2D eigenvalue weighted by Crippen LogP contribution is 2.20. The number of nitrogens with zero attached hydrogens (tertiary/aromatic N) is 2. The van der Waals surface area contributed by atoms with Crippen LogP contribution in [-0.4, -0.2) is 21.1 Å². The molecule has 1 aromatic heterocycles. The summed E-state index contributed by atoms with van der Waals surface area (Å²) in [4.78, 5) is 0. The van der Waals surface area contributed by atoms with Crippen molar-refractivity contribution in [3.8, 4) is 0 Å². The van der Waals surface area contributed by atoms with Gasteiger partial charge < -0.3 is 5.32 Å². The highest BCUT2D eigenvalue weighted by Gasteiger charge is 2.24. The minimum Gasteiger partial charge on any atom is -0.362 e. The molecule has 0 aliphatic carbocycles. The lowest BCUT2D eigenvalue weighted by molar-refractivity contribution is 0.551. The summed E-state index contributed by atoms with van der Waals surface area (Å²) in [5.74, 6) is 0.766. The molecule has 0 aliphatic rings. The van der Waals surface area contributed by atoms with Gasteiger partial charge in [-0.15, -0.1) is 16.7 Å². The van der Waals surface area contributed by atoms with Crippen LogP contribution in [-0.2, 0) is 0 Å². The zero-order chi connectivity index (χ0) is 10.8. The Morgan fingerprint density at radius 1 is 1.50 bits per heavy atom. The fourth-order valence-electron chi connectivity index (χ4n) is 0.955. The summed E-state index contributed by atoms with van der Waals surface area (Å²) in [5, 5.41) is 11.1. The second-order valence-corrected chi connectivity index (χ2v) is 4.74. The van der Waals surface area contributed by atoms with Crippen molar-refractivity contribution in [2.24, 2.45) is 0 Å². The average Bonchev–Trinajstić information content (AvgIpc) is 2.02. The molecule has 0 saturated heterocycles. The third kappa shape index (κ3) is 2.84. The molecule has 0 aliphatic heterocycles. The molecule has 3 nitrogen and oxygen atoms in total. The van der Waals surface area contributed by atoms with E-state index in [9.17, 15) is 0 Å². The van der Waals surface area contributed by atoms with E-state index in [0.717, 1.165) is 11.4 Å². The number of hydrogen-bond donors (Lipinski definition) is 1. The normalized spacial score (nSPS) is 13.8. The smallest absolute Gasteiger partial charge is 0.149 e. The molecule has 0 amide bonds. The van der Waals surface area contributed by atoms with Gasteiger partial charge in [0.2, 0.25) is 0 Å². The van der Waals surface area contributed by atoms with Crippen LogP contribution >= 0.6 is 11.6 Å². The second kappa shape index (κ2) is 4.13. The van der Waals surface area contributed by atoms with Crippen LogP contribution in [0.25, 0.3) is 0 Å². The highest BCUT2D eigenvalue weighted by atomic mass is 35.5. The Hall–Kier alpha value is -0.830. The first-order valence-corrected chi connectivity index (χ1v) is 5.07. The molecule has 0 fully saturated rings. The molecule has 14 heavy (non-hydrogen) atoms. The van der Waals surface area contributed by atoms with Crippen LogP contribution in [0.3, 0.4) is 0 Å². The minimum atomic E-state index is -0.190. The molecule has 1 rings (SSSR count). The topological polar surface area (TPSA) is 37.8 Å². The molecular formula is C10H16ClN3. The molecule has 4 heteroatoms. The van der Waals surface area contributed by atoms with E-state index in [-0.39, 0.29) is 10.9 Å². The van der Waals surface area contributed by atoms with Gasteiger partial charge in [0.15, 0.2) is 0 Å². The Kier molecular flexibility index (Phi) is 3.32. The molecule has 1 aromatic rings. The summed E-state index contributed by atoms with van der Waals surface area (Å²) in [6, 6.07) is 1.95. The second-order valence-electron chi connectivity index (χ2n) is 4.08. The lowest BCUT2D eigenvalue weighted by Crippen LogP contribution is -2.39. The van der Waals surface area contributed by atoms with Crippen LogP contribution in [0.15, 0.2) is 12.3 Å². The van der Waals surface area contributed by atoms with Crippen molar-refractivity contribution in [1.29, 1.82) is 0 Å². The first kappa shape index (κ1) is 11.2. The number of aromatic nitrogens is 2. The van der Waals surface area contributed by atoms with Crippen molar-refractivity contribution in [2.75, 3.05) is 5.32 Å². The SMILES string of the molecule is Cc1cnnc(NC(C)(C)C(C)Cl)c1. The molecule has 1 atom stereocenters. The van der Waals surface area contributed by atoms with Gasteiger partial charge in [-0.3, -0.25) is 0 Å². The van der Waals surface area contributed by atoms with Crippen molar-refractivity contribution in [1.82, 2.24) is 10.2 Å². The summed E-state index contributed by atoms with van der Waals surface area (Å²) in [6.07, 6.45) is 1.72. The van der Waals surface area contributed by atoms with Gasteiger partial charge in [-0.1, -0.05) is 0 Å². The third-order valence-corrected chi connectivity index (χ3v) is 2.78. The zero-order valence-electron chi connectivity index (χ0n) is 9.00. The summed E-state index contributed by atoms with van der Waals surface area (Å²) >= 11 is 6.05. The number of anilines is 1. The lowest BCUT2D eigenvalue weighted by atomic mass is 10.0. The van der Waals surface area contributed by atoms with Gasteiger partial charge in [-0.25, -0.2) is 0 Å². The summed E-state index contributed by atoms with van der Waals surface area (Å²) < 4.78 is 0. The van der Waals surface area contributed by atoms with E-state index >= 15 is 0 Å². The quantitative estimate of drug-likeness (QED) is 0.785. The summed E-state index contributed by atoms with van der Waals surface area (Å²) in [5.41, 5.74) is 0.893. The molecule has 1 unspecified atom stereocenters. The van der Waals surface area contributed by atoms with Crippen LogP contribution < -0.4 is 5.32 Å². The molecule has 78 valence electrons. The summed E-state index contributed by atoms with van der Waals surface area (Å²) in [7, 11) is 0. The maximum atomic E-state index is 6.05. The molecule has 1 heterocycles. The molecule has 0 spiro atoms. The molecule has 0 aromatic carbocycles. The number of nitrogens with one attached hydrogen (secondary N) is 1. The van der Waals surface area contributed by atoms with Gasteiger partial charge in [0.05, 0.1) is 11.6 Å². The van der Waals surface area contributed by atoms with Crippen molar-refractivity contribution in [3.05, 3.63) is 17.8 Å². The van der Waals surface area contributed by atoms with E-state index in [1.807, 2.05) is 33.8 Å². The van der Waals surface area contributed by atoms with Crippen LogP contribution in [0.2, 0.25) is 0 Å². The standard InChI is InChI=1S/C10H16ClN3/c1-7-5-9(14-12-6-7)13-10(3,4)8(2)11/h5-6,8H,1-4H3,(H,13,14). The molecule has 0 saturated carbocycles. The molecular weight excluding hydrogens is 198 g/mol. The van der Waals surface area contributed by atoms with E-state index in [1.54, 1.807) is 6.20 Å². The first-order chi connectivity index (χ1) is 6.42. The summed E-state index contributed by atoms with van der Waals surface area (Å²) in [6.45, 7) is 8.01. The van der Waals surface area contributed by atoms with Crippen molar-refractivity contribution >= 4 is 17.4 Å². The van der Waals surface area contributed by atoms with Crippen LogP contribution in [0, 0.1) is 6.92 Å². The minimum absolute atomic E-state index is 0.0183. The zero-order valence-corrected chi connectivity index (χ0v) is 9.76. The van der Waals surface area contributed by atoms with Crippen molar-refractivity contribution in [3.63, 3.8) is 0 Å². The van der Waals surface area contributed by atoms with Crippen LogP contribution in [0.1, 0.15) is 26.3 Å². The Morgan fingerprint density at radius 3 is 2.64 bits per heavy atom. The van der Waals surface area contributed by atoms with E-state index < -0.39 is 0 Å². The molecule has 0 radical (unpaired) electrons. The van der Waals surface area contributed by atoms with Crippen molar-refractivity contribution in [2.45, 2.75) is 38.6 Å². The van der Waals surface area contributed by atoms with E-state index in [4.69, 9.17) is 11.6 Å². The number of aryl methyl sites for hydroxylation is 1. The monoisotopic (exact) mass is 213 g/mol. The lowest BCUT2D eigenvalue weighted by Gasteiger charge is -2.29. The Bertz CT molecular complexity index is 310. The van der Waals surface area contributed by atoms with Crippen LogP contribution in [0.5, 0.6) is 0 Å². The van der Waals surface area contributed by atoms with Gasteiger partial charge in [-0.2, -0.15) is 5.10 Å². The Labute approximate surface area is 89.9 Å². The first-order valence-electron chi connectivity index (χ1n) is 4.63. The molecule has 1 N–H and O–H groups in total. The van der Waals surface area contributed by atoms with Gasteiger partial charge in [-0.05, 0) is 39.3 Å². The average molecular weight is 214 g/mol. The highest BCUT2D eigenvalue weighted by molar-refractivity contribution is 6.21. The predicted molar refractivity (Wildman–Crippen MR) is 59.8 cm³/mol. The van der Waals surface area contributed by atoms with E-state index in [2.05, 4.69) is 15.5 Å². The predicted octanol–water partition coefficient (Wildman–Crippen LogP) is 2.60. The van der Waals surface area contributed by atoms with Gasteiger partial charge in [0.25, 0.3) is 0 Å². The maximum absolute atomic E-state index is 6.05. The van der Waals surface area contributed by atoms with Gasteiger partial charge in [0.1, 0.15) is 5.82 Å². The number of hydrogen-bond acceptors (Lipinski definition) is 3. The van der Waals surface area contributed by atoms with E-state index in [1.165, 1.54) is 0 Å². The van der Waals surface area contributed by atoms with Gasteiger partial charge in [0, 0.05) is 5.54 Å². The largest absolute Gasteiger partial charge is 0.362 e. The maximum Gasteiger partial charge on any atom is 0.149 e. The van der Waals surface area contributed by atoms with E-state index in [0.29, 0.717) is 0 Å². The third-order valence-electron chi connectivity index (χ3n) is 2.24. The van der Waals surface area contributed by atoms with Crippen LogP contribution in [0.4, 0.5) is 5.82 Å². The fraction of sp³-hybridized carbons (Fsp3) is 0.600. The Morgan fingerprint density at radius 2 is 2.14 bits per heavy atom. The number of rotatable bonds is 3. The number of halogens is 1. The molecule has 0 bridgehead atoms. The fourth-order valence-corrected chi connectivity index (χ4v) is 1.01. The number of alkyl halides is 1. The van der Waals surface area contributed by atoms with Crippen molar-refractivity contribution < 1.29 is 0 Å². The van der Waals surface area contributed by atoms with Gasteiger partial charge >= 0.3 is 0 Å². The Balaban J connectivity index is 2.78.